The Morgan fingerprint density at radius 3 is 3.00 bits per heavy atom. The van der Waals surface area contributed by atoms with Crippen LogP contribution in [-0.4, -0.2) is 19.9 Å². The third kappa shape index (κ3) is 2.49. The monoisotopic (exact) mass is 207 g/mol. The van der Waals surface area contributed by atoms with Crippen LogP contribution < -0.4 is 5.32 Å². The van der Waals surface area contributed by atoms with Gasteiger partial charge in [-0.3, -0.25) is 0 Å². The predicted octanol–water partition coefficient (Wildman–Crippen LogP) is 1.26. The maximum atomic E-state index is 12.8. The molecule has 0 spiro atoms. The highest BCUT2D eigenvalue weighted by Gasteiger charge is 2.01. The highest BCUT2D eigenvalue weighted by atomic mass is 19.1. The zero-order valence-corrected chi connectivity index (χ0v) is 8.16. The van der Waals surface area contributed by atoms with Gasteiger partial charge in [-0.05, 0) is 6.92 Å². The minimum atomic E-state index is -0.725. The van der Waals surface area contributed by atoms with E-state index in [0.717, 1.165) is 5.82 Å². The third-order valence-corrected chi connectivity index (χ3v) is 1.82. The van der Waals surface area contributed by atoms with E-state index in [1.165, 1.54) is 0 Å². The van der Waals surface area contributed by atoms with Crippen molar-refractivity contribution in [3.8, 4) is 0 Å². The summed E-state index contributed by atoms with van der Waals surface area (Å²) >= 11 is 0. The largest absolute Gasteiger partial charge is 0.363 e. The summed E-state index contributed by atoms with van der Waals surface area (Å²) in [5.74, 6) is 1.23. The average molecular weight is 207 g/mol. The average Bonchev–Trinajstić information content (AvgIpc) is 2.65. The van der Waals surface area contributed by atoms with Gasteiger partial charge in [-0.1, -0.05) is 0 Å². The second-order valence-corrected chi connectivity index (χ2v) is 3.05. The fraction of sp³-hybridized carbons (Fsp3) is 0.222. The van der Waals surface area contributed by atoms with Gasteiger partial charge in [0.1, 0.15) is 11.6 Å². The summed E-state index contributed by atoms with van der Waals surface area (Å²) in [7, 11) is 0. The molecular formula is C9H10FN5. The second-order valence-electron chi connectivity index (χ2n) is 3.05. The molecule has 2 aromatic heterocycles. The third-order valence-electron chi connectivity index (χ3n) is 1.82. The van der Waals surface area contributed by atoms with Crippen LogP contribution in [0.1, 0.15) is 11.5 Å². The Labute approximate surface area is 85.8 Å². The van der Waals surface area contributed by atoms with Crippen LogP contribution in [0.5, 0.6) is 0 Å². The molecule has 0 unspecified atom stereocenters. The molecule has 0 fully saturated rings. The maximum Gasteiger partial charge on any atom is 0.310 e. The summed E-state index contributed by atoms with van der Waals surface area (Å²) < 4.78 is 12.8. The number of H-pyrrole nitrogens is 1. The lowest BCUT2D eigenvalue weighted by atomic mass is 10.4. The van der Waals surface area contributed by atoms with E-state index in [9.17, 15) is 4.39 Å². The van der Waals surface area contributed by atoms with Gasteiger partial charge in [0.25, 0.3) is 0 Å². The topological polar surface area (TPSA) is 66.5 Å². The van der Waals surface area contributed by atoms with Crippen molar-refractivity contribution in [1.82, 2.24) is 19.9 Å². The number of anilines is 1. The summed E-state index contributed by atoms with van der Waals surface area (Å²) in [6.45, 7) is 2.19. The molecule has 0 aromatic carbocycles. The van der Waals surface area contributed by atoms with Crippen LogP contribution in [0.15, 0.2) is 18.5 Å². The molecule has 2 N–H and O–H groups in total. The van der Waals surface area contributed by atoms with Gasteiger partial charge < -0.3 is 10.3 Å². The van der Waals surface area contributed by atoms with Crippen LogP contribution in [0, 0.1) is 13.0 Å². The number of aryl methyl sites for hydroxylation is 1. The molecule has 0 bridgehead atoms. The number of imidazole rings is 1. The van der Waals surface area contributed by atoms with Crippen LogP contribution >= 0.6 is 0 Å². The highest BCUT2D eigenvalue weighted by Crippen LogP contribution is 2.06. The van der Waals surface area contributed by atoms with Gasteiger partial charge in [0.2, 0.25) is 0 Å². The highest BCUT2D eigenvalue weighted by molar-refractivity contribution is 5.34. The smallest absolute Gasteiger partial charge is 0.310 e. The zero-order valence-electron chi connectivity index (χ0n) is 8.16. The van der Waals surface area contributed by atoms with Crippen LogP contribution in [-0.2, 0) is 6.54 Å². The Bertz CT molecular complexity index is 420. The van der Waals surface area contributed by atoms with Crippen LogP contribution in [0.3, 0.4) is 0 Å². The predicted molar refractivity (Wildman–Crippen MR) is 52.6 cm³/mol. The van der Waals surface area contributed by atoms with Crippen molar-refractivity contribution in [3.05, 3.63) is 36.1 Å². The van der Waals surface area contributed by atoms with E-state index < -0.39 is 6.08 Å². The molecular weight excluding hydrogens is 197 g/mol. The lowest BCUT2D eigenvalue weighted by Gasteiger charge is -2.03. The fourth-order valence-corrected chi connectivity index (χ4v) is 1.19. The van der Waals surface area contributed by atoms with Crippen molar-refractivity contribution in [2.24, 2.45) is 0 Å². The molecule has 0 aliphatic rings. The van der Waals surface area contributed by atoms with Gasteiger partial charge in [-0.25, -0.2) is 9.97 Å². The Hall–Kier alpha value is -1.98. The minimum Gasteiger partial charge on any atom is -0.363 e. The molecule has 0 amide bonds. The van der Waals surface area contributed by atoms with E-state index >= 15 is 0 Å². The number of halogens is 1. The molecule has 6 heteroatoms. The first-order chi connectivity index (χ1) is 7.24. The van der Waals surface area contributed by atoms with Crippen LogP contribution in [0.25, 0.3) is 0 Å². The number of rotatable bonds is 3. The van der Waals surface area contributed by atoms with E-state index in [1.807, 2.05) is 0 Å². The molecule has 2 rings (SSSR count). The first-order valence-electron chi connectivity index (χ1n) is 4.47. The first-order valence-corrected chi connectivity index (χ1v) is 4.47. The summed E-state index contributed by atoms with van der Waals surface area (Å²) in [6.07, 6.45) is 2.66. The summed E-state index contributed by atoms with van der Waals surface area (Å²) in [5.41, 5.74) is 0.587. The molecule has 5 nitrogen and oxygen atoms in total. The standard InChI is InChI=1S/C9H10FN5/c1-6-4-7(15-9(10)14-6)13-5-8-11-2-3-12-8/h2-4H,5H2,1H3,(H,11,12)(H,13,14,15). The van der Waals surface area contributed by atoms with E-state index in [2.05, 4.69) is 25.3 Å². The Kier molecular flexibility index (Phi) is 2.57. The van der Waals surface area contributed by atoms with Crippen molar-refractivity contribution >= 4 is 5.82 Å². The number of aromatic amines is 1. The van der Waals surface area contributed by atoms with Crippen molar-refractivity contribution in [1.29, 1.82) is 0 Å². The van der Waals surface area contributed by atoms with E-state index in [0.29, 0.717) is 18.1 Å². The molecule has 78 valence electrons. The molecule has 0 atom stereocenters. The number of nitrogens with zero attached hydrogens (tertiary/aromatic N) is 3. The van der Waals surface area contributed by atoms with Gasteiger partial charge in [0.15, 0.2) is 0 Å². The Morgan fingerprint density at radius 1 is 1.47 bits per heavy atom. The lowest BCUT2D eigenvalue weighted by molar-refractivity contribution is 0.536. The fourth-order valence-electron chi connectivity index (χ4n) is 1.19. The van der Waals surface area contributed by atoms with Gasteiger partial charge in [0.05, 0.1) is 6.54 Å². The summed E-state index contributed by atoms with van der Waals surface area (Å²) in [4.78, 5) is 14.1. The second kappa shape index (κ2) is 4.04. The van der Waals surface area contributed by atoms with Crippen LogP contribution in [0.2, 0.25) is 0 Å². The van der Waals surface area contributed by atoms with Crippen molar-refractivity contribution in [2.75, 3.05) is 5.32 Å². The zero-order chi connectivity index (χ0) is 10.7. The summed E-state index contributed by atoms with van der Waals surface area (Å²) in [6, 6.07) is 1.67. The van der Waals surface area contributed by atoms with E-state index in [1.54, 1.807) is 25.4 Å². The first kappa shape index (κ1) is 9.57. The normalized spacial score (nSPS) is 10.3. The Balaban J connectivity index is 2.05. The Morgan fingerprint density at radius 2 is 2.33 bits per heavy atom. The quantitative estimate of drug-likeness (QED) is 0.743. The number of hydrogen-bond donors (Lipinski definition) is 2. The maximum absolute atomic E-state index is 12.8. The van der Waals surface area contributed by atoms with Crippen LogP contribution in [0.4, 0.5) is 10.2 Å². The molecule has 15 heavy (non-hydrogen) atoms. The molecule has 0 aliphatic heterocycles. The molecule has 2 heterocycles. The molecule has 0 aliphatic carbocycles. The molecule has 0 radical (unpaired) electrons. The SMILES string of the molecule is Cc1cc(NCc2ncc[nH]2)nc(F)n1. The molecule has 0 saturated heterocycles. The minimum absolute atomic E-state index is 0.455. The van der Waals surface area contributed by atoms with Gasteiger partial charge in [-0.2, -0.15) is 9.37 Å². The number of nitrogens with one attached hydrogen (secondary N) is 2. The summed E-state index contributed by atoms with van der Waals surface area (Å²) in [5, 5.41) is 2.94. The lowest BCUT2D eigenvalue weighted by Crippen LogP contribution is -2.05. The van der Waals surface area contributed by atoms with E-state index in [-0.39, 0.29) is 0 Å². The van der Waals surface area contributed by atoms with Gasteiger partial charge >= 0.3 is 6.08 Å². The van der Waals surface area contributed by atoms with E-state index in [4.69, 9.17) is 0 Å². The molecule has 2 aromatic rings. The van der Waals surface area contributed by atoms with Gasteiger partial charge in [-0.15, -0.1) is 0 Å². The van der Waals surface area contributed by atoms with Crippen molar-refractivity contribution < 1.29 is 4.39 Å². The van der Waals surface area contributed by atoms with Crippen molar-refractivity contribution in [2.45, 2.75) is 13.5 Å². The molecule has 0 saturated carbocycles. The van der Waals surface area contributed by atoms with Gasteiger partial charge in [0, 0.05) is 24.2 Å². The number of hydrogen-bond acceptors (Lipinski definition) is 4. The van der Waals surface area contributed by atoms with Crippen molar-refractivity contribution in [3.63, 3.8) is 0 Å². The number of aromatic nitrogens is 4.